The zero-order valence-corrected chi connectivity index (χ0v) is 9.24. The first-order valence-electron chi connectivity index (χ1n) is 5.73. The average Bonchev–Trinajstić information content (AvgIpc) is 2.69. The fourth-order valence-corrected chi connectivity index (χ4v) is 2.64. The molecule has 4 N–H and O–H groups in total. The summed E-state index contributed by atoms with van der Waals surface area (Å²) in [6.45, 7) is 2.36. The van der Waals surface area contributed by atoms with Crippen LogP contribution in [0.2, 0.25) is 0 Å². The van der Waals surface area contributed by atoms with E-state index in [-0.39, 0.29) is 23.8 Å². The van der Waals surface area contributed by atoms with Gasteiger partial charge in [-0.15, -0.1) is 0 Å². The van der Waals surface area contributed by atoms with E-state index in [1.165, 1.54) is 0 Å². The van der Waals surface area contributed by atoms with E-state index in [0.29, 0.717) is 19.5 Å². The van der Waals surface area contributed by atoms with Gasteiger partial charge in [-0.3, -0.25) is 19.9 Å². The van der Waals surface area contributed by atoms with Gasteiger partial charge >= 0.3 is 0 Å². The Kier molecular flexibility index (Phi) is 3.40. The van der Waals surface area contributed by atoms with Gasteiger partial charge in [-0.05, 0) is 19.4 Å². The van der Waals surface area contributed by atoms with Crippen LogP contribution in [-0.2, 0) is 9.59 Å². The minimum Gasteiger partial charge on any atom is -0.354 e. The SMILES string of the molecule is NNC(=O)CCN1CCCC2C(=O)NCC21. The number of nitrogens with two attached hydrogens (primary N) is 1. The molecule has 2 heterocycles. The summed E-state index contributed by atoms with van der Waals surface area (Å²) >= 11 is 0. The number of likely N-dealkylation sites (tertiary alicyclic amines) is 1. The Hall–Kier alpha value is -1.14. The summed E-state index contributed by atoms with van der Waals surface area (Å²) < 4.78 is 0. The lowest BCUT2D eigenvalue weighted by atomic mass is 9.91. The number of carbonyl (C=O) groups is 2. The molecule has 2 rings (SSSR count). The molecule has 0 aliphatic carbocycles. The van der Waals surface area contributed by atoms with Crippen molar-refractivity contribution in [2.75, 3.05) is 19.6 Å². The minimum absolute atomic E-state index is 0.120. The van der Waals surface area contributed by atoms with Gasteiger partial charge in [0.1, 0.15) is 0 Å². The number of carbonyl (C=O) groups excluding carboxylic acids is 2. The molecule has 0 aromatic rings. The third kappa shape index (κ3) is 2.17. The monoisotopic (exact) mass is 226 g/mol. The van der Waals surface area contributed by atoms with Crippen LogP contribution in [0.25, 0.3) is 0 Å². The minimum atomic E-state index is -0.153. The fourth-order valence-electron chi connectivity index (χ4n) is 2.64. The number of fused-ring (bicyclic) bond motifs is 1. The quantitative estimate of drug-likeness (QED) is 0.313. The highest BCUT2D eigenvalue weighted by atomic mass is 16.2. The van der Waals surface area contributed by atoms with Crippen LogP contribution in [0.1, 0.15) is 19.3 Å². The predicted octanol–water partition coefficient (Wildman–Crippen LogP) is -1.42. The first-order valence-corrected chi connectivity index (χ1v) is 5.73. The summed E-state index contributed by atoms with van der Waals surface area (Å²) in [7, 11) is 0. The Balaban J connectivity index is 1.89. The molecule has 2 atom stereocenters. The molecule has 0 saturated carbocycles. The third-order valence-corrected chi connectivity index (χ3v) is 3.50. The Morgan fingerprint density at radius 3 is 3.19 bits per heavy atom. The summed E-state index contributed by atoms with van der Waals surface area (Å²) in [4.78, 5) is 24.8. The van der Waals surface area contributed by atoms with E-state index in [1.807, 2.05) is 0 Å². The highest BCUT2D eigenvalue weighted by Crippen LogP contribution is 2.27. The Bertz CT molecular complexity index is 295. The Morgan fingerprint density at radius 1 is 1.62 bits per heavy atom. The number of amides is 2. The van der Waals surface area contributed by atoms with Gasteiger partial charge < -0.3 is 5.32 Å². The number of piperidine rings is 1. The lowest BCUT2D eigenvalue weighted by molar-refractivity contribution is -0.124. The highest BCUT2D eigenvalue weighted by Gasteiger charge is 2.40. The first-order chi connectivity index (χ1) is 7.72. The van der Waals surface area contributed by atoms with E-state index in [2.05, 4.69) is 15.6 Å². The lowest BCUT2D eigenvalue weighted by Crippen LogP contribution is -2.47. The maximum atomic E-state index is 11.5. The smallest absolute Gasteiger partial charge is 0.235 e. The Labute approximate surface area is 94.5 Å². The van der Waals surface area contributed by atoms with E-state index < -0.39 is 0 Å². The van der Waals surface area contributed by atoms with E-state index in [1.54, 1.807) is 0 Å². The van der Waals surface area contributed by atoms with Crippen molar-refractivity contribution in [2.24, 2.45) is 11.8 Å². The van der Waals surface area contributed by atoms with E-state index in [9.17, 15) is 9.59 Å². The second-order valence-corrected chi connectivity index (χ2v) is 4.41. The summed E-state index contributed by atoms with van der Waals surface area (Å²) in [5.41, 5.74) is 2.12. The summed E-state index contributed by atoms with van der Waals surface area (Å²) in [6, 6.07) is 0.270. The molecule has 2 unspecified atom stereocenters. The highest BCUT2D eigenvalue weighted by molar-refractivity contribution is 5.82. The molecule has 2 aliphatic heterocycles. The van der Waals surface area contributed by atoms with Gasteiger partial charge in [0.15, 0.2) is 0 Å². The standard InChI is InChI=1S/C10H18N4O2/c11-13-9(15)3-5-14-4-1-2-7-8(14)6-12-10(7)16/h7-8H,1-6,11H2,(H,12,16)(H,13,15). The van der Waals surface area contributed by atoms with Crippen LogP contribution in [0.5, 0.6) is 0 Å². The largest absolute Gasteiger partial charge is 0.354 e. The van der Waals surface area contributed by atoms with Crippen LogP contribution in [0.15, 0.2) is 0 Å². The molecule has 90 valence electrons. The molecule has 2 fully saturated rings. The van der Waals surface area contributed by atoms with E-state index in [0.717, 1.165) is 19.4 Å². The van der Waals surface area contributed by atoms with Crippen molar-refractivity contribution in [1.29, 1.82) is 0 Å². The number of rotatable bonds is 3. The van der Waals surface area contributed by atoms with Crippen molar-refractivity contribution < 1.29 is 9.59 Å². The molecule has 0 spiro atoms. The summed E-state index contributed by atoms with van der Waals surface area (Å²) in [5, 5.41) is 2.89. The van der Waals surface area contributed by atoms with Gasteiger partial charge in [0, 0.05) is 25.6 Å². The van der Waals surface area contributed by atoms with Crippen molar-refractivity contribution in [3.05, 3.63) is 0 Å². The molecular weight excluding hydrogens is 208 g/mol. The molecule has 2 saturated heterocycles. The normalized spacial score (nSPS) is 29.7. The van der Waals surface area contributed by atoms with Crippen molar-refractivity contribution in [1.82, 2.24) is 15.6 Å². The lowest BCUT2D eigenvalue weighted by Gasteiger charge is -2.35. The topological polar surface area (TPSA) is 87.5 Å². The van der Waals surface area contributed by atoms with Crippen molar-refractivity contribution in [2.45, 2.75) is 25.3 Å². The van der Waals surface area contributed by atoms with Crippen molar-refractivity contribution in [3.63, 3.8) is 0 Å². The van der Waals surface area contributed by atoms with Gasteiger partial charge in [0.25, 0.3) is 0 Å². The predicted molar refractivity (Wildman–Crippen MR) is 58.0 cm³/mol. The van der Waals surface area contributed by atoms with Gasteiger partial charge in [0.05, 0.1) is 5.92 Å². The molecule has 16 heavy (non-hydrogen) atoms. The van der Waals surface area contributed by atoms with Crippen LogP contribution < -0.4 is 16.6 Å². The van der Waals surface area contributed by atoms with Gasteiger partial charge in [0.2, 0.25) is 11.8 Å². The molecule has 2 amide bonds. The molecule has 0 radical (unpaired) electrons. The maximum Gasteiger partial charge on any atom is 0.235 e. The second-order valence-electron chi connectivity index (χ2n) is 4.41. The molecule has 0 aromatic carbocycles. The fraction of sp³-hybridized carbons (Fsp3) is 0.800. The number of hydrazine groups is 1. The Morgan fingerprint density at radius 2 is 2.44 bits per heavy atom. The van der Waals surface area contributed by atoms with Crippen molar-refractivity contribution in [3.8, 4) is 0 Å². The van der Waals surface area contributed by atoms with Crippen LogP contribution in [0.4, 0.5) is 0 Å². The number of nitrogens with zero attached hydrogens (tertiary/aromatic N) is 1. The zero-order valence-electron chi connectivity index (χ0n) is 9.24. The molecule has 0 aromatic heterocycles. The van der Waals surface area contributed by atoms with Gasteiger partial charge in [-0.25, -0.2) is 5.84 Å². The van der Waals surface area contributed by atoms with Crippen LogP contribution >= 0.6 is 0 Å². The van der Waals surface area contributed by atoms with Gasteiger partial charge in [-0.1, -0.05) is 0 Å². The second kappa shape index (κ2) is 4.80. The molecule has 0 bridgehead atoms. The third-order valence-electron chi connectivity index (χ3n) is 3.50. The number of hydrogen-bond donors (Lipinski definition) is 3. The van der Waals surface area contributed by atoms with E-state index >= 15 is 0 Å². The van der Waals surface area contributed by atoms with Crippen molar-refractivity contribution >= 4 is 11.8 Å². The molecule has 6 heteroatoms. The van der Waals surface area contributed by atoms with Gasteiger partial charge in [-0.2, -0.15) is 0 Å². The average molecular weight is 226 g/mol. The number of hydrogen-bond acceptors (Lipinski definition) is 4. The molecular formula is C10H18N4O2. The van der Waals surface area contributed by atoms with Crippen LogP contribution in [0.3, 0.4) is 0 Å². The zero-order chi connectivity index (χ0) is 11.5. The molecule has 2 aliphatic rings. The maximum absolute atomic E-state index is 11.5. The first kappa shape index (κ1) is 11.3. The number of nitrogens with one attached hydrogen (secondary N) is 2. The van der Waals surface area contributed by atoms with Crippen LogP contribution in [0, 0.1) is 5.92 Å². The summed E-state index contributed by atoms with van der Waals surface area (Å²) in [5.74, 6) is 5.16. The summed E-state index contributed by atoms with van der Waals surface area (Å²) in [6.07, 6.45) is 2.39. The molecule has 6 nitrogen and oxygen atoms in total. The van der Waals surface area contributed by atoms with E-state index in [4.69, 9.17) is 5.84 Å². The van der Waals surface area contributed by atoms with Crippen LogP contribution in [-0.4, -0.2) is 42.4 Å².